The van der Waals surface area contributed by atoms with Crippen molar-refractivity contribution in [3.8, 4) is 11.3 Å². The van der Waals surface area contributed by atoms with Gasteiger partial charge in [-0.05, 0) is 24.3 Å². The molecule has 2 aromatic rings. The number of hydrogen-bond donors (Lipinski definition) is 1. The Bertz CT molecular complexity index is 533. The number of pyridine rings is 1. The minimum atomic E-state index is -0.375. The lowest BCUT2D eigenvalue weighted by Gasteiger charge is -2.04. The van der Waals surface area contributed by atoms with Crippen LogP contribution in [0.4, 0.5) is 5.69 Å². The first-order valence-electron chi connectivity index (χ1n) is 5.57. The Morgan fingerprint density at radius 3 is 2.39 bits per heavy atom. The van der Waals surface area contributed by atoms with Crippen LogP contribution >= 0.6 is 0 Å². The van der Waals surface area contributed by atoms with Crippen molar-refractivity contribution in [3.05, 3.63) is 48.2 Å². The first-order valence-corrected chi connectivity index (χ1v) is 5.57. The van der Waals surface area contributed by atoms with Gasteiger partial charge in [-0.1, -0.05) is 12.1 Å². The van der Waals surface area contributed by atoms with Gasteiger partial charge >= 0.3 is 5.97 Å². The molecule has 0 fully saturated rings. The van der Waals surface area contributed by atoms with Crippen molar-refractivity contribution < 1.29 is 9.53 Å². The highest BCUT2D eigenvalue weighted by Gasteiger charge is 2.06. The third-order valence-corrected chi connectivity index (χ3v) is 2.65. The van der Waals surface area contributed by atoms with E-state index >= 15 is 0 Å². The van der Waals surface area contributed by atoms with Gasteiger partial charge in [0.25, 0.3) is 0 Å². The zero-order valence-electron chi connectivity index (χ0n) is 10.3. The van der Waals surface area contributed by atoms with Crippen LogP contribution in [0.2, 0.25) is 0 Å². The number of carbonyl (C=O) groups excluding carboxylic acids is 1. The second kappa shape index (κ2) is 5.31. The quantitative estimate of drug-likeness (QED) is 0.840. The van der Waals surface area contributed by atoms with Crippen LogP contribution < -0.4 is 5.32 Å². The van der Waals surface area contributed by atoms with Gasteiger partial charge in [0.05, 0.1) is 18.4 Å². The van der Waals surface area contributed by atoms with Crippen LogP contribution in [0.1, 0.15) is 10.4 Å². The average molecular weight is 242 g/mol. The molecule has 18 heavy (non-hydrogen) atoms. The number of esters is 1. The molecular formula is C14H14N2O2. The normalized spacial score (nSPS) is 9.89. The lowest BCUT2D eigenvalue weighted by Crippen LogP contribution is -2.01. The lowest BCUT2D eigenvalue weighted by molar-refractivity contribution is 0.0600. The summed E-state index contributed by atoms with van der Waals surface area (Å²) in [5.74, 6) is -0.375. The number of anilines is 1. The van der Waals surface area contributed by atoms with Crippen molar-refractivity contribution >= 4 is 11.7 Å². The van der Waals surface area contributed by atoms with Gasteiger partial charge in [-0.25, -0.2) is 4.79 Å². The number of nitrogens with zero attached hydrogens (tertiary/aromatic N) is 1. The van der Waals surface area contributed by atoms with Crippen LogP contribution in [0.15, 0.2) is 42.6 Å². The van der Waals surface area contributed by atoms with Gasteiger partial charge < -0.3 is 10.1 Å². The number of methoxy groups -OCH3 is 1. The van der Waals surface area contributed by atoms with E-state index in [1.165, 1.54) is 13.3 Å². The molecule has 0 aliphatic rings. The van der Waals surface area contributed by atoms with E-state index in [1.807, 2.05) is 31.3 Å². The molecule has 1 aromatic heterocycles. The van der Waals surface area contributed by atoms with Crippen LogP contribution in [0.5, 0.6) is 0 Å². The van der Waals surface area contributed by atoms with Crippen LogP contribution in [0, 0.1) is 0 Å². The number of nitrogens with one attached hydrogen (secondary N) is 1. The molecule has 0 aliphatic carbocycles. The molecule has 2 rings (SSSR count). The van der Waals surface area contributed by atoms with E-state index in [0.29, 0.717) is 5.56 Å². The number of ether oxygens (including phenoxy) is 1. The maximum absolute atomic E-state index is 11.3. The minimum Gasteiger partial charge on any atom is -0.465 e. The number of benzene rings is 1. The van der Waals surface area contributed by atoms with Crippen molar-refractivity contribution in [2.45, 2.75) is 0 Å². The fraction of sp³-hybridized carbons (Fsp3) is 0.143. The van der Waals surface area contributed by atoms with Gasteiger partial charge in [0.2, 0.25) is 0 Å². The van der Waals surface area contributed by atoms with Gasteiger partial charge in [-0.15, -0.1) is 0 Å². The Hall–Kier alpha value is -2.36. The van der Waals surface area contributed by atoms with Crippen LogP contribution in [-0.4, -0.2) is 25.1 Å². The van der Waals surface area contributed by atoms with Crippen molar-refractivity contribution in [2.75, 3.05) is 19.5 Å². The summed E-state index contributed by atoms with van der Waals surface area (Å²) in [7, 11) is 3.23. The minimum absolute atomic E-state index is 0.375. The molecule has 0 radical (unpaired) electrons. The van der Waals surface area contributed by atoms with E-state index in [4.69, 9.17) is 0 Å². The molecule has 0 unspecified atom stereocenters. The number of rotatable bonds is 3. The highest BCUT2D eigenvalue weighted by atomic mass is 16.5. The summed E-state index contributed by atoms with van der Waals surface area (Å²) in [6, 6.07) is 11.4. The van der Waals surface area contributed by atoms with Gasteiger partial charge in [0.15, 0.2) is 0 Å². The number of hydrogen-bond acceptors (Lipinski definition) is 4. The molecule has 92 valence electrons. The summed E-state index contributed by atoms with van der Waals surface area (Å²) in [5.41, 5.74) is 3.33. The Labute approximate surface area is 106 Å². The smallest absolute Gasteiger partial charge is 0.339 e. The van der Waals surface area contributed by atoms with E-state index < -0.39 is 0 Å². The van der Waals surface area contributed by atoms with Gasteiger partial charge in [-0.2, -0.15) is 0 Å². The predicted molar refractivity (Wildman–Crippen MR) is 70.6 cm³/mol. The van der Waals surface area contributed by atoms with Gasteiger partial charge in [0.1, 0.15) is 0 Å². The van der Waals surface area contributed by atoms with Crippen molar-refractivity contribution in [2.24, 2.45) is 0 Å². The molecule has 0 saturated heterocycles. The first-order chi connectivity index (χ1) is 8.74. The summed E-state index contributed by atoms with van der Waals surface area (Å²) >= 11 is 0. The molecule has 1 N–H and O–H groups in total. The molecule has 0 bridgehead atoms. The van der Waals surface area contributed by atoms with Crippen LogP contribution in [-0.2, 0) is 4.74 Å². The molecule has 0 atom stereocenters. The third-order valence-electron chi connectivity index (χ3n) is 2.65. The lowest BCUT2D eigenvalue weighted by atomic mass is 10.1. The first kappa shape index (κ1) is 12.1. The van der Waals surface area contributed by atoms with Gasteiger partial charge in [0, 0.05) is 24.5 Å². The SMILES string of the molecule is CNc1ccc(-c2ccc(C(=O)OC)cn2)cc1. The van der Waals surface area contributed by atoms with Crippen LogP contribution in [0.25, 0.3) is 11.3 Å². The summed E-state index contributed by atoms with van der Waals surface area (Å²) in [5, 5.41) is 3.06. The maximum Gasteiger partial charge on any atom is 0.339 e. The van der Waals surface area contributed by atoms with Crippen molar-refractivity contribution in [3.63, 3.8) is 0 Å². The fourth-order valence-electron chi connectivity index (χ4n) is 1.61. The Morgan fingerprint density at radius 2 is 1.89 bits per heavy atom. The zero-order chi connectivity index (χ0) is 13.0. The van der Waals surface area contributed by atoms with Crippen LogP contribution in [0.3, 0.4) is 0 Å². The molecule has 4 nitrogen and oxygen atoms in total. The monoisotopic (exact) mass is 242 g/mol. The Kier molecular flexibility index (Phi) is 3.57. The van der Waals surface area contributed by atoms with E-state index in [-0.39, 0.29) is 5.97 Å². The summed E-state index contributed by atoms with van der Waals surface area (Å²) in [4.78, 5) is 15.5. The number of carbonyl (C=O) groups is 1. The summed E-state index contributed by atoms with van der Waals surface area (Å²) < 4.78 is 4.62. The molecule has 0 aliphatic heterocycles. The molecule has 0 spiro atoms. The maximum atomic E-state index is 11.3. The standard InChI is InChI=1S/C14H14N2O2/c1-15-12-6-3-10(4-7-12)13-8-5-11(9-16-13)14(17)18-2/h3-9,15H,1-2H3. The molecule has 1 heterocycles. The van der Waals surface area contributed by atoms with E-state index in [9.17, 15) is 4.79 Å². The third kappa shape index (κ3) is 2.48. The molecule has 1 aromatic carbocycles. The number of aromatic nitrogens is 1. The van der Waals surface area contributed by atoms with E-state index in [2.05, 4.69) is 15.0 Å². The second-order valence-electron chi connectivity index (χ2n) is 3.75. The predicted octanol–water partition coefficient (Wildman–Crippen LogP) is 2.58. The largest absolute Gasteiger partial charge is 0.465 e. The average Bonchev–Trinajstić information content (AvgIpc) is 2.47. The molecular weight excluding hydrogens is 228 g/mol. The fourth-order valence-corrected chi connectivity index (χ4v) is 1.61. The highest BCUT2D eigenvalue weighted by molar-refractivity contribution is 5.89. The molecule has 0 saturated carbocycles. The topological polar surface area (TPSA) is 51.2 Å². The zero-order valence-corrected chi connectivity index (χ0v) is 10.3. The van der Waals surface area contributed by atoms with Gasteiger partial charge in [-0.3, -0.25) is 4.98 Å². The van der Waals surface area contributed by atoms with Crippen molar-refractivity contribution in [1.29, 1.82) is 0 Å². The Balaban J connectivity index is 2.25. The molecule has 0 amide bonds. The second-order valence-corrected chi connectivity index (χ2v) is 3.75. The van der Waals surface area contributed by atoms with E-state index in [0.717, 1.165) is 16.9 Å². The van der Waals surface area contributed by atoms with E-state index in [1.54, 1.807) is 12.1 Å². The summed E-state index contributed by atoms with van der Waals surface area (Å²) in [6.45, 7) is 0. The summed E-state index contributed by atoms with van der Waals surface area (Å²) in [6.07, 6.45) is 1.52. The molecule has 4 heteroatoms. The Morgan fingerprint density at radius 1 is 1.17 bits per heavy atom. The highest BCUT2D eigenvalue weighted by Crippen LogP contribution is 2.19. The van der Waals surface area contributed by atoms with Crippen molar-refractivity contribution in [1.82, 2.24) is 4.98 Å².